The highest BCUT2D eigenvalue weighted by Gasteiger charge is 2.17. The second kappa shape index (κ2) is 7.77. The molecule has 2 aromatic carbocycles. The number of carbonyl (C=O) groups excluding carboxylic acids is 1. The first-order chi connectivity index (χ1) is 11.8. The van der Waals surface area contributed by atoms with Crippen LogP contribution in [0.5, 0.6) is 0 Å². The molecule has 0 aromatic heterocycles. The van der Waals surface area contributed by atoms with Crippen LogP contribution in [0.15, 0.2) is 48.5 Å². The number of amides is 1. The second-order valence-corrected chi connectivity index (χ2v) is 7.17. The van der Waals surface area contributed by atoms with E-state index in [0.717, 1.165) is 16.6 Å². The van der Waals surface area contributed by atoms with Crippen molar-refractivity contribution >= 4 is 21.6 Å². The molecule has 0 heterocycles. The van der Waals surface area contributed by atoms with Crippen LogP contribution < -0.4 is 9.62 Å². The quantitative estimate of drug-likeness (QED) is 0.851. The lowest BCUT2D eigenvalue weighted by Gasteiger charge is -2.22. The maximum Gasteiger partial charge on any atom is 0.251 e. The third kappa shape index (κ3) is 5.02. The minimum Gasteiger partial charge on any atom is -0.350 e. The number of nitrogens with one attached hydrogen (secondary N) is 1. The van der Waals surface area contributed by atoms with Gasteiger partial charge in [-0.25, -0.2) is 12.8 Å². The first-order valence-electron chi connectivity index (χ1n) is 7.33. The largest absolute Gasteiger partial charge is 0.350 e. The molecule has 0 unspecified atom stereocenters. The summed E-state index contributed by atoms with van der Waals surface area (Å²) >= 11 is 0. The van der Waals surface area contributed by atoms with E-state index >= 15 is 0 Å². The lowest BCUT2D eigenvalue weighted by molar-refractivity contribution is 0.0954. The number of halogens is 1. The van der Waals surface area contributed by atoms with Crippen molar-refractivity contribution in [3.05, 3.63) is 65.5 Å². The Morgan fingerprint density at radius 3 is 2.48 bits per heavy atom. The minimum atomic E-state index is -3.57. The Labute approximate surface area is 145 Å². The summed E-state index contributed by atoms with van der Waals surface area (Å²) in [5, 5.41) is 11.4. The Morgan fingerprint density at radius 1 is 1.24 bits per heavy atom. The fourth-order valence-corrected chi connectivity index (χ4v) is 3.12. The summed E-state index contributed by atoms with van der Waals surface area (Å²) in [7, 11) is -3.57. The van der Waals surface area contributed by atoms with Crippen LogP contribution in [0.3, 0.4) is 0 Å². The Morgan fingerprint density at radius 2 is 1.92 bits per heavy atom. The second-order valence-electron chi connectivity index (χ2n) is 5.26. The topological polar surface area (TPSA) is 90.3 Å². The molecule has 6 nitrogen and oxygen atoms in total. The van der Waals surface area contributed by atoms with E-state index in [4.69, 9.17) is 5.26 Å². The van der Waals surface area contributed by atoms with Gasteiger partial charge >= 0.3 is 0 Å². The number of hydrogen-bond acceptors (Lipinski definition) is 4. The monoisotopic (exact) mass is 361 g/mol. The first kappa shape index (κ1) is 18.4. The molecule has 0 aliphatic heterocycles. The molecule has 8 heteroatoms. The van der Waals surface area contributed by atoms with Crippen LogP contribution in [0.2, 0.25) is 0 Å². The zero-order chi connectivity index (χ0) is 18.4. The maximum absolute atomic E-state index is 13.1. The Kier molecular flexibility index (Phi) is 5.72. The van der Waals surface area contributed by atoms with Crippen molar-refractivity contribution in [1.82, 2.24) is 5.32 Å². The number of rotatable bonds is 6. The summed E-state index contributed by atoms with van der Waals surface area (Å²) in [4.78, 5) is 12.0. The maximum atomic E-state index is 13.1. The lowest BCUT2D eigenvalue weighted by Crippen LogP contribution is -2.38. The van der Waals surface area contributed by atoms with Gasteiger partial charge in [-0.15, -0.1) is 0 Å². The van der Waals surface area contributed by atoms with Gasteiger partial charge in [0.05, 0.1) is 30.1 Å². The van der Waals surface area contributed by atoms with E-state index in [-0.39, 0.29) is 18.7 Å². The normalized spacial score (nSPS) is 10.8. The molecule has 2 rings (SSSR count). The average molecular weight is 361 g/mol. The summed E-state index contributed by atoms with van der Waals surface area (Å²) in [6.07, 6.45) is 1.06. The van der Waals surface area contributed by atoms with E-state index in [1.807, 2.05) is 6.07 Å². The number of hydrogen-bond donors (Lipinski definition) is 1. The Bertz CT molecular complexity index is 905. The van der Waals surface area contributed by atoms with Gasteiger partial charge in [0.1, 0.15) is 5.82 Å². The van der Waals surface area contributed by atoms with Gasteiger partial charge in [0.25, 0.3) is 5.91 Å². The van der Waals surface area contributed by atoms with Crippen molar-refractivity contribution in [1.29, 1.82) is 5.26 Å². The fraction of sp³-hybridized carbons (Fsp3) is 0.176. The lowest BCUT2D eigenvalue weighted by atomic mass is 10.2. The molecular formula is C17H16FN3O3S. The van der Waals surface area contributed by atoms with Gasteiger partial charge in [-0.3, -0.25) is 9.10 Å². The van der Waals surface area contributed by atoms with Crippen molar-refractivity contribution in [2.24, 2.45) is 0 Å². The van der Waals surface area contributed by atoms with Gasteiger partial charge in [-0.2, -0.15) is 5.26 Å². The molecule has 0 aliphatic rings. The third-order valence-corrected chi connectivity index (χ3v) is 4.57. The number of anilines is 1. The van der Waals surface area contributed by atoms with Gasteiger partial charge in [0, 0.05) is 12.1 Å². The van der Waals surface area contributed by atoms with Crippen molar-refractivity contribution in [3.63, 3.8) is 0 Å². The summed E-state index contributed by atoms with van der Waals surface area (Å²) in [6, 6.07) is 13.2. The highest BCUT2D eigenvalue weighted by Crippen LogP contribution is 2.17. The minimum absolute atomic E-state index is 0.00574. The molecule has 0 saturated heterocycles. The SMILES string of the molecule is CS(=O)(=O)N(CCNC(=O)c1cccc(F)c1)c1ccc(C#N)cc1. The third-order valence-electron chi connectivity index (χ3n) is 3.37. The van der Waals surface area contributed by atoms with Crippen LogP contribution in [0, 0.1) is 17.1 Å². The van der Waals surface area contributed by atoms with Gasteiger partial charge in [-0.1, -0.05) is 6.07 Å². The molecule has 1 N–H and O–H groups in total. The van der Waals surface area contributed by atoms with Crippen molar-refractivity contribution in [2.75, 3.05) is 23.7 Å². The van der Waals surface area contributed by atoms with E-state index in [0.29, 0.717) is 11.3 Å². The molecule has 2 aromatic rings. The number of sulfonamides is 1. The molecule has 0 aliphatic carbocycles. The predicted octanol–water partition coefficient (Wildman–Crippen LogP) is 1.89. The van der Waals surface area contributed by atoms with E-state index in [1.165, 1.54) is 42.5 Å². The molecule has 0 saturated carbocycles. The first-order valence-corrected chi connectivity index (χ1v) is 9.18. The molecule has 0 bridgehead atoms. The molecular weight excluding hydrogens is 345 g/mol. The molecule has 1 amide bonds. The number of carbonyl (C=O) groups is 1. The van der Waals surface area contributed by atoms with Crippen LogP contribution in [0.1, 0.15) is 15.9 Å². The predicted molar refractivity (Wildman–Crippen MR) is 92.1 cm³/mol. The molecule has 0 fully saturated rings. The average Bonchev–Trinajstić information content (AvgIpc) is 2.57. The summed E-state index contributed by atoms with van der Waals surface area (Å²) in [6.45, 7) is 0.0498. The Hall–Kier alpha value is -2.92. The van der Waals surface area contributed by atoms with Crippen molar-refractivity contribution in [3.8, 4) is 6.07 Å². The van der Waals surface area contributed by atoms with E-state index in [1.54, 1.807) is 0 Å². The standard InChI is InChI=1S/C17H16FN3O3S/c1-25(23,24)21(16-7-5-13(12-19)6-8-16)10-9-20-17(22)14-3-2-4-15(18)11-14/h2-8,11H,9-10H2,1H3,(H,20,22). The summed E-state index contributed by atoms with van der Waals surface area (Å²) < 4.78 is 38.2. The van der Waals surface area contributed by atoms with Gasteiger partial charge in [0.2, 0.25) is 10.0 Å². The van der Waals surface area contributed by atoms with Crippen LogP contribution >= 0.6 is 0 Å². The molecule has 0 radical (unpaired) electrons. The van der Waals surface area contributed by atoms with Crippen LogP contribution in [-0.4, -0.2) is 33.7 Å². The van der Waals surface area contributed by atoms with Gasteiger partial charge < -0.3 is 5.32 Å². The van der Waals surface area contributed by atoms with E-state index < -0.39 is 21.7 Å². The highest BCUT2D eigenvalue weighted by atomic mass is 32.2. The van der Waals surface area contributed by atoms with E-state index in [9.17, 15) is 17.6 Å². The van der Waals surface area contributed by atoms with Crippen molar-refractivity contribution < 1.29 is 17.6 Å². The van der Waals surface area contributed by atoms with Crippen LogP contribution in [-0.2, 0) is 10.0 Å². The number of benzene rings is 2. The van der Waals surface area contributed by atoms with Gasteiger partial charge in [-0.05, 0) is 42.5 Å². The van der Waals surface area contributed by atoms with Crippen LogP contribution in [0.4, 0.5) is 10.1 Å². The highest BCUT2D eigenvalue weighted by molar-refractivity contribution is 7.92. The Balaban J connectivity index is 2.06. The zero-order valence-corrected chi connectivity index (χ0v) is 14.3. The van der Waals surface area contributed by atoms with Gasteiger partial charge in [0.15, 0.2) is 0 Å². The van der Waals surface area contributed by atoms with Crippen LogP contribution in [0.25, 0.3) is 0 Å². The molecule has 0 atom stereocenters. The molecule has 0 spiro atoms. The molecule has 130 valence electrons. The summed E-state index contributed by atoms with van der Waals surface area (Å²) in [5.41, 5.74) is 0.961. The van der Waals surface area contributed by atoms with E-state index in [2.05, 4.69) is 5.32 Å². The van der Waals surface area contributed by atoms with Crippen molar-refractivity contribution in [2.45, 2.75) is 0 Å². The smallest absolute Gasteiger partial charge is 0.251 e. The fourth-order valence-electron chi connectivity index (χ4n) is 2.19. The molecule has 25 heavy (non-hydrogen) atoms. The summed E-state index contributed by atoms with van der Waals surface area (Å²) in [5.74, 6) is -1.02. The number of nitrogens with zero attached hydrogens (tertiary/aromatic N) is 2. The number of nitriles is 1. The zero-order valence-electron chi connectivity index (χ0n) is 13.4.